The van der Waals surface area contributed by atoms with E-state index >= 15 is 0 Å². The lowest BCUT2D eigenvalue weighted by atomic mass is 10.1. The molecule has 1 amide bonds. The van der Waals surface area contributed by atoms with Gasteiger partial charge in [-0.15, -0.1) is 0 Å². The predicted molar refractivity (Wildman–Crippen MR) is 68.9 cm³/mol. The van der Waals surface area contributed by atoms with Crippen LogP contribution in [0.15, 0.2) is 43.0 Å². The zero-order chi connectivity index (χ0) is 13.4. The molecule has 18 heavy (non-hydrogen) atoms. The van der Waals surface area contributed by atoms with Gasteiger partial charge in [-0.3, -0.25) is 4.79 Å². The fourth-order valence-corrected chi connectivity index (χ4v) is 1.52. The van der Waals surface area contributed by atoms with Crippen LogP contribution >= 0.6 is 0 Å². The minimum absolute atomic E-state index is 0.286. The third-order valence-corrected chi connectivity index (χ3v) is 2.36. The molecule has 0 heterocycles. The highest BCUT2D eigenvalue weighted by atomic mass is 16.5. The Labute approximate surface area is 107 Å². The molecule has 0 radical (unpaired) electrons. The van der Waals surface area contributed by atoms with Crippen LogP contribution in [0.1, 0.15) is 12.5 Å². The second-order valence-corrected chi connectivity index (χ2v) is 3.71. The molecule has 96 valence electrons. The molecule has 4 heteroatoms. The Hall–Kier alpha value is -2.10. The third kappa shape index (κ3) is 4.41. The third-order valence-electron chi connectivity index (χ3n) is 2.36. The van der Waals surface area contributed by atoms with Gasteiger partial charge in [0.2, 0.25) is 5.91 Å². The van der Waals surface area contributed by atoms with Gasteiger partial charge >= 0.3 is 5.97 Å². The molecular formula is C14H17NO3. The monoisotopic (exact) mass is 247 g/mol. The van der Waals surface area contributed by atoms with Gasteiger partial charge in [0.1, 0.15) is 6.04 Å². The van der Waals surface area contributed by atoms with Gasteiger partial charge < -0.3 is 10.1 Å². The highest BCUT2D eigenvalue weighted by Gasteiger charge is 2.21. The molecular weight excluding hydrogens is 230 g/mol. The molecule has 0 unspecified atom stereocenters. The first-order valence-corrected chi connectivity index (χ1v) is 5.80. The lowest BCUT2D eigenvalue weighted by Crippen LogP contribution is -2.42. The van der Waals surface area contributed by atoms with E-state index in [1.165, 1.54) is 0 Å². The lowest BCUT2D eigenvalue weighted by molar-refractivity contribution is -0.146. The van der Waals surface area contributed by atoms with Crippen molar-refractivity contribution < 1.29 is 14.3 Å². The van der Waals surface area contributed by atoms with E-state index < -0.39 is 12.0 Å². The summed E-state index contributed by atoms with van der Waals surface area (Å²) < 4.78 is 4.93. The van der Waals surface area contributed by atoms with Crippen LogP contribution in [-0.4, -0.2) is 24.5 Å². The summed E-state index contributed by atoms with van der Waals surface area (Å²) in [5, 5.41) is 2.57. The van der Waals surface area contributed by atoms with Gasteiger partial charge in [0.05, 0.1) is 6.61 Å². The zero-order valence-corrected chi connectivity index (χ0v) is 10.4. The molecule has 0 spiro atoms. The second-order valence-electron chi connectivity index (χ2n) is 3.71. The summed E-state index contributed by atoms with van der Waals surface area (Å²) in [5.74, 6) is -0.819. The SMILES string of the molecule is C=CC(=O)N[C@H](Cc1ccccc1)C(=O)OCC. The summed E-state index contributed by atoms with van der Waals surface area (Å²) in [4.78, 5) is 23.0. The molecule has 0 fully saturated rings. The summed E-state index contributed by atoms with van der Waals surface area (Å²) in [7, 11) is 0. The standard InChI is InChI=1S/C14H17NO3/c1-3-13(16)15-12(14(17)18-4-2)10-11-8-6-5-7-9-11/h3,5-9,12H,1,4,10H2,2H3,(H,15,16)/t12-/m1/s1. The van der Waals surface area contributed by atoms with Gasteiger partial charge in [0.25, 0.3) is 0 Å². The van der Waals surface area contributed by atoms with Crippen LogP contribution in [0.4, 0.5) is 0 Å². The van der Waals surface area contributed by atoms with Crippen LogP contribution in [0.2, 0.25) is 0 Å². The maximum Gasteiger partial charge on any atom is 0.328 e. The van der Waals surface area contributed by atoms with Gasteiger partial charge in [-0.05, 0) is 18.6 Å². The van der Waals surface area contributed by atoms with E-state index in [4.69, 9.17) is 4.74 Å². The first-order chi connectivity index (χ1) is 8.67. The van der Waals surface area contributed by atoms with E-state index in [2.05, 4.69) is 11.9 Å². The summed E-state index contributed by atoms with van der Waals surface area (Å²) in [6, 6.07) is 8.77. The van der Waals surface area contributed by atoms with Crippen molar-refractivity contribution in [1.29, 1.82) is 0 Å². The number of benzene rings is 1. The first kappa shape index (κ1) is 14.0. The van der Waals surface area contributed by atoms with Gasteiger partial charge in [0, 0.05) is 6.42 Å². The number of hydrogen-bond donors (Lipinski definition) is 1. The molecule has 0 aromatic heterocycles. The number of nitrogens with one attached hydrogen (secondary N) is 1. The van der Waals surface area contributed by atoms with Gasteiger partial charge in [-0.1, -0.05) is 36.9 Å². The van der Waals surface area contributed by atoms with Crippen LogP contribution in [0.5, 0.6) is 0 Å². The topological polar surface area (TPSA) is 55.4 Å². The quantitative estimate of drug-likeness (QED) is 0.611. The largest absolute Gasteiger partial charge is 0.464 e. The maximum absolute atomic E-state index is 11.7. The van der Waals surface area contributed by atoms with Crippen LogP contribution in [0.3, 0.4) is 0 Å². The molecule has 0 saturated heterocycles. The molecule has 0 aliphatic carbocycles. The van der Waals surface area contributed by atoms with Crippen molar-refractivity contribution in [2.45, 2.75) is 19.4 Å². The van der Waals surface area contributed by atoms with E-state index in [0.29, 0.717) is 6.42 Å². The van der Waals surface area contributed by atoms with Crippen LogP contribution in [0.25, 0.3) is 0 Å². The molecule has 0 bridgehead atoms. The Bertz CT molecular complexity index is 414. The lowest BCUT2D eigenvalue weighted by Gasteiger charge is -2.16. The van der Waals surface area contributed by atoms with Gasteiger partial charge in [-0.2, -0.15) is 0 Å². The molecule has 1 aromatic carbocycles. The van der Waals surface area contributed by atoms with E-state index in [1.807, 2.05) is 30.3 Å². The zero-order valence-electron chi connectivity index (χ0n) is 10.4. The first-order valence-electron chi connectivity index (χ1n) is 5.80. The molecule has 1 rings (SSSR count). The number of ether oxygens (including phenoxy) is 1. The molecule has 1 N–H and O–H groups in total. The Kier molecular flexibility index (Phi) is 5.64. The predicted octanol–water partition coefficient (Wildman–Crippen LogP) is 1.46. The molecule has 0 aliphatic heterocycles. The Morgan fingerprint density at radius 1 is 1.39 bits per heavy atom. The van der Waals surface area contributed by atoms with Crippen molar-refractivity contribution in [3.63, 3.8) is 0 Å². The van der Waals surface area contributed by atoms with E-state index in [-0.39, 0.29) is 12.5 Å². The Balaban J connectivity index is 2.74. The highest BCUT2D eigenvalue weighted by molar-refractivity contribution is 5.91. The fraction of sp³-hybridized carbons (Fsp3) is 0.286. The smallest absolute Gasteiger partial charge is 0.328 e. The van der Waals surface area contributed by atoms with E-state index in [1.54, 1.807) is 6.92 Å². The van der Waals surface area contributed by atoms with Crippen molar-refractivity contribution in [2.24, 2.45) is 0 Å². The maximum atomic E-state index is 11.7. The van der Waals surface area contributed by atoms with E-state index in [9.17, 15) is 9.59 Å². The summed E-state index contributed by atoms with van der Waals surface area (Å²) in [5.41, 5.74) is 0.958. The number of rotatable bonds is 6. The van der Waals surface area contributed by atoms with Gasteiger partial charge in [0.15, 0.2) is 0 Å². The molecule has 1 atom stereocenters. The van der Waals surface area contributed by atoms with Crippen molar-refractivity contribution >= 4 is 11.9 Å². The highest BCUT2D eigenvalue weighted by Crippen LogP contribution is 2.04. The van der Waals surface area contributed by atoms with Crippen LogP contribution in [-0.2, 0) is 20.7 Å². The number of esters is 1. The van der Waals surface area contributed by atoms with Crippen LogP contribution < -0.4 is 5.32 Å². The van der Waals surface area contributed by atoms with E-state index in [0.717, 1.165) is 11.6 Å². The number of carbonyl (C=O) groups is 2. The second kappa shape index (κ2) is 7.27. The molecule has 0 aliphatic rings. The molecule has 0 saturated carbocycles. The summed E-state index contributed by atoms with van der Waals surface area (Å²) in [6.07, 6.45) is 1.54. The van der Waals surface area contributed by atoms with Crippen molar-refractivity contribution in [3.05, 3.63) is 48.6 Å². The normalized spacial score (nSPS) is 11.4. The van der Waals surface area contributed by atoms with Crippen molar-refractivity contribution in [3.8, 4) is 0 Å². The molecule has 4 nitrogen and oxygen atoms in total. The average molecular weight is 247 g/mol. The minimum atomic E-state index is -0.683. The summed E-state index contributed by atoms with van der Waals surface area (Å²) >= 11 is 0. The molecule has 1 aromatic rings. The number of carbonyl (C=O) groups excluding carboxylic acids is 2. The average Bonchev–Trinajstić information content (AvgIpc) is 2.39. The van der Waals surface area contributed by atoms with Gasteiger partial charge in [-0.25, -0.2) is 4.79 Å². The van der Waals surface area contributed by atoms with Crippen molar-refractivity contribution in [1.82, 2.24) is 5.32 Å². The van der Waals surface area contributed by atoms with Crippen LogP contribution in [0, 0.1) is 0 Å². The minimum Gasteiger partial charge on any atom is -0.464 e. The van der Waals surface area contributed by atoms with Crippen molar-refractivity contribution in [2.75, 3.05) is 6.61 Å². The Morgan fingerprint density at radius 3 is 2.61 bits per heavy atom. The number of hydrogen-bond acceptors (Lipinski definition) is 3. The Morgan fingerprint density at radius 2 is 2.06 bits per heavy atom. The number of amides is 1. The summed E-state index contributed by atoms with van der Waals surface area (Å²) in [6.45, 7) is 5.38. The fourth-order valence-electron chi connectivity index (χ4n) is 1.52.